The molecule has 2 aromatic carbocycles. The van der Waals surface area contributed by atoms with Crippen LogP contribution in [0.15, 0.2) is 84.1 Å². The fourth-order valence-electron chi connectivity index (χ4n) is 2.92. The van der Waals surface area contributed by atoms with E-state index in [1.807, 2.05) is 54.6 Å². The van der Waals surface area contributed by atoms with E-state index in [9.17, 15) is 10.1 Å². The Morgan fingerprint density at radius 3 is 2.48 bits per heavy atom. The first-order valence-electron chi connectivity index (χ1n) is 9.33. The summed E-state index contributed by atoms with van der Waals surface area (Å²) in [6.45, 7) is 0. The predicted molar refractivity (Wildman–Crippen MR) is 121 cm³/mol. The van der Waals surface area contributed by atoms with Crippen molar-refractivity contribution in [3.8, 4) is 11.8 Å². The SMILES string of the molecule is N#Cc1c(SCc2ccccc2Cl)nn(-c2ccccc2)c1NC(=O)c1ccncc1. The van der Waals surface area contributed by atoms with Crippen LogP contribution in [0.25, 0.3) is 5.69 Å². The van der Waals surface area contributed by atoms with Gasteiger partial charge in [0.05, 0.1) is 5.69 Å². The molecule has 0 aliphatic carbocycles. The van der Waals surface area contributed by atoms with Gasteiger partial charge in [-0.2, -0.15) is 10.4 Å². The lowest BCUT2D eigenvalue weighted by Gasteiger charge is -2.09. The van der Waals surface area contributed by atoms with Gasteiger partial charge in [0.25, 0.3) is 5.91 Å². The number of carbonyl (C=O) groups excluding carboxylic acids is 1. The van der Waals surface area contributed by atoms with Gasteiger partial charge in [0.15, 0.2) is 5.82 Å². The standard InChI is InChI=1S/C23H16ClN5OS/c24-20-9-5-4-6-17(20)15-31-23-19(14-25)21(27-22(30)16-10-12-26-13-11-16)29(28-23)18-7-2-1-3-8-18/h1-13H,15H2,(H,27,30). The molecule has 6 nitrogen and oxygen atoms in total. The van der Waals surface area contributed by atoms with E-state index in [-0.39, 0.29) is 5.91 Å². The van der Waals surface area contributed by atoms with E-state index in [0.29, 0.717) is 32.7 Å². The minimum atomic E-state index is -0.348. The van der Waals surface area contributed by atoms with Gasteiger partial charge >= 0.3 is 0 Å². The normalized spacial score (nSPS) is 10.5. The summed E-state index contributed by atoms with van der Waals surface area (Å²) < 4.78 is 1.58. The number of para-hydroxylation sites is 1. The largest absolute Gasteiger partial charge is 0.305 e. The molecule has 1 N–H and O–H groups in total. The van der Waals surface area contributed by atoms with Crippen LogP contribution < -0.4 is 5.32 Å². The summed E-state index contributed by atoms with van der Waals surface area (Å²) in [5.74, 6) is 0.508. The third-order valence-corrected chi connectivity index (χ3v) is 5.85. The Morgan fingerprint density at radius 2 is 1.77 bits per heavy atom. The first-order chi connectivity index (χ1) is 15.2. The number of nitrogens with one attached hydrogen (secondary N) is 1. The van der Waals surface area contributed by atoms with E-state index in [0.717, 1.165) is 11.3 Å². The number of nitriles is 1. The van der Waals surface area contributed by atoms with Gasteiger partial charge in [-0.05, 0) is 35.9 Å². The van der Waals surface area contributed by atoms with Crippen LogP contribution in [0.1, 0.15) is 21.5 Å². The van der Waals surface area contributed by atoms with Crippen LogP contribution in [0.4, 0.5) is 5.82 Å². The van der Waals surface area contributed by atoms with E-state index in [4.69, 9.17) is 11.6 Å². The zero-order valence-corrected chi connectivity index (χ0v) is 17.8. The number of carbonyl (C=O) groups is 1. The second-order valence-corrected chi connectivity index (χ2v) is 7.83. The van der Waals surface area contributed by atoms with Gasteiger partial charge in [-0.15, -0.1) is 0 Å². The van der Waals surface area contributed by atoms with Crippen molar-refractivity contribution in [3.63, 3.8) is 0 Å². The van der Waals surface area contributed by atoms with Crippen molar-refractivity contribution >= 4 is 35.1 Å². The lowest BCUT2D eigenvalue weighted by atomic mass is 10.2. The zero-order chi connectivity index (χ0) is 21.6. The predicted octanol–water partition coefficient (Wildman–Crippen LogP) is 5.34. The number of benzene rings is 2. The third kappa shape index (κ3) is 4.61. The molecule has 0 atom stereocenters. The number of anilines is 1. The summed E-state index contributed by atoms with van der Waals surface area (Å²) in [5.41, 5.74) is 2.40. The molecule has 0 saturated carbocycles. The quantitative estimate of drug-likeness (QED) is 0.405. The maximum absolute atomic E-state index is 12.8. The minimum absolute atomic E-state index is 0.295. The molecule has 0 fully saturated rings. The van der Waals surface area contributed by atoms with Crippen molar-refractivity contribution in [1.29, 1.82) is 5.26 Å². The van der Waals surface area contributed by atoms with Gasteiger partial charge in [0.1, 0.15) is 16.7 Å². The van der Waals surface area contributed by atoms with E-state index in [1.165, 1.54) is 11.8 Å². The molecule has 0 saturated heterocycles. The molecule has 0 unspecified atom stereocenters. The minimum Gasteiger partial charge on any atom is -0.305 e. The second kappa shape index (κ2) is 9.47. The van der Waals surface area contributed by atoms with Crippen LogP contribution in [0.2, 0.25) is 5.02 Å². The second-order valence-electron chi connectivity index (χ2n) is 6.46. The maximum Gasteiger partial charge on any atom is 0.256 e. The average Bonchev–Trinajstić information content (AvgIpc) is 3.16. The van der Waals surface area contributed by atoms with Crippen molar-refractivity contribution in [3.05, 3.63) is 101 Å². The molecule has 4 aromatic rings. The first kappa shape index (κ1) is 20.7. The monoisotopic (exact) mass is 445 g/mol. The summed E-state index contributed by atoms with van der Waals surface area (Å²) in [6.07, 6.45) is 3.08. The van der Waals surface area contributed by atoms with E-state index < -0.39 is 0 Å². The van der Waals surface area contributed by atoms with E-state index >= 15 is 0 Å². The Bertz CT molecular complexity index is 1250. The number of aromatic nitrogens is 3. The molecule has 1 amide bonds. The van der Waals surface area contributed by atoms with Gasteiger partial charge in [0, 0.05) is 28.7 Å². The number of rotatable bonds is 6. The van der Waals surface area contributed by atoms with Crippen LogP contribution in [0.3, 0.4) is 0 Å². The topological polar surface area (TPSA) is 83.6 Å². The fourth-order valence-corrected chi connectivity index (χ4v) is 4.17. The number of halogens is 1. The molecule has 4 rings (SSSR count). The number of pyridine rings is 1. The molecule has 8 heteroatoms. The molecule has 0 aliphatic heterocycles. The number of nitrogens with zero attached hydrogens (tertiary/aromatic N) is 4. The summed E-state index contributed by atoms with van der Waals surface area (Å²) in [5, 5.41) is 18.5. The highest BCUT2D eigenvalue weighted by atomic mass is 35.5. The van der Waals surface area contributed by atoms with Gasteiger partial charge in [0.2, 0.25) is 0 Å². The van der Waals surface area contributed by atoms with Gasteiger partial charge in [-0.3, -0.25) is 9.78 Å². The Labute approximate surface area is 188 Å². The average molecular weight is 446 g/mol. The highest BCUT2D eigenvalue weighted by molar-refractivity contribution is 7.98. The molecule has 2 heterocycles. The zero-order valence-electron chi connectivity index (χ0n) is 16.2. The lowest BCUT2D eigenvalue weighted by Crippen LogP contribution is -2.16. The first-order valence-corrected chi connectivity index (χ1v) is 10.7. The van der Waals surface area contributed by atoms with Crippen LogP contribution >= 0.6 is 23.4 Å². The molecule has 152 valence electrons. The van der Waals surface area contributed by atoms with Crippen molar-refractivity contribution in [2.24, 2.45) is 0 Å². The Kier molecular flexibility index (Phi) is 6.32. The summed E-state index contributed by atoms with van der Waals surface area (Å²) in [6, 6.07) is 22.3. The van der Waals surface area contributed by atoms with Gasteiger partial charge < -0.3 is 5.32 Å². The lowest BCUT2D eigenvalue weighted by molar-refractivity contribution is 0.102. The van der Waals surface area contributed by atoms with E-state index in [1.54, 1.807) is 29.2 Å². The van der Waals surface area contributed by atoms with Crippen molar-refractivity contribution in [2.45, 2.75) is 10.8 Å². The van der Waals surface area contributed by atoms with Crippen LogP contribution in [-0.2, 0) is 5.75 Å². The summed E-state index contributed by atoms with van der Waals surface area (Å²) >= 11 is 7.66. The molecule has 0 radical (unpaired) electrons. The Hall–Kier alpha value is -3.60. The molecular formula is C23H16ClN5OS. The summed E-state index contributed by atoms with van der Waals surface area (Å²) in [4.78, 5) is 16.7. The highest BCUT2D eigenvalue weighted by Crippen LogP contribution is 2.33. The van der Waals surface area contributed by atoms with Gasteiger partial charge in [-0.1, -0.05) is 59.8 Å². The van der Waals surface area contributed by atoms with Crippen molar-refractivity contribution < 1.29 is 4.79 Å². The smallest absolute Gasteiger partial charge is 0.256 e. The van der Waals surface area contributed by atoms with Gasteiger partial charge in [-0.25, -0.2) is 4.68 Å². The molecule has 0 aliphatic rings. The van der Waals surface area contributed by atoms with Crippen LogP contribution in [0, 0.1) is 11.3 Å². The number of hydrogen-bond donors (Lipinski definition) is 1. The molecule has 2 aromatic heterocycles. The van der Waals surface area contributed by atoms with Crippen molar-refractivity contribution in [2.75, 3.05) is 5.32 Å². The third-order valence-electron chi connectivity index (χ3n) is 4.46. The number of thioether (sulfide) groups is 1. The molecule has 0 bridgehead atoms. The Balaban J connectivity index is 1.72. The van der Waals surface area contributed by atoms with E-state index in [2.05, 4.69) is 21.5 Å². The van der Waals surface area contributed by atoms with Crippen LogP contribution in [0.5, 0.6) is 0 Å². The fraction of sp³-hybridized carbons (Fsp3) is 0.0435. The van der Waals surface area contributed by atoms with Crippen molar-refractivity contribution in [1.82, 2.24) is 14.8 Å². The molecule has 31 heavy (non-hydrogen) atoms. The summed E-state index contributed by atoms with van der Waals surface area (Å²) in [7, 11) is 0. The maximum atomic E-state index is 12.8. The molecular weight excluding hydrogens is 430 g/mol. The number of amides is 1. The Morgan fingerprint density at radius 1 is 1.06 bits per heavy atom. The van der Waals surface area contributed by atoms with Crippen LogP contribution in [-0.4, -0.2) is 20.7 Å². The molecule has 0 spiro atoms. The number of hydrogen-bond acceptors (Lipinski definition) is 5. The highest BCUT2D eigenvalue weighted by Gasteiger charge is 2.22.